The average Bonchev–Trinajstić information content (AvgIpc) is 3.62. The number of aromatic nitrogens is 4. The molecule has 1 saturated heterocycles. The number of nitrogens with zero attached hydrogens (tertiary/aromatic N) is 6. The number of hydrogen-bond acceptors (Lipinski definition) is 9. The van der Waals surface area contributed by atoms with Gasteiger partial charge in [0.2, 0.25) is 0 Å². The van der Waals surface area contributed by atoms with E-state index in [1.165, 1.54) is 39.1 Å². The van der Waals surface area contributed by atoms with Crippen LogP contribution in [-0.4, -0.2) is 74.2 Å². The van der Waals surface area contributed by atoms with E-state index in [2.05, 4.69) is 15.3 Å². The van der Waals surface area contributed by atoms with Gasteiger partial charge in [0.05, 0.1) is 24.4 Å². The van der Waals surface area contributed by atoms with Crippen LogP contribution in [0.25, 0.3) is 27.4 Å². The third-order valence-electron chi connectivity index (χ3n) is 7.07. The molecular formula is C32H35FN6O5S. The summed E-state index contributed by atoms with van der Waals surface area (Å²) in [6.07, 6.45) is 6.93. The fraction of sp³-hybridized carbons (Fsp3) is 0.375. The van der Waals surface area contributed by atoms with Gasteiger partial charge in [-0.15, -0.1) is 16.4 Å². The van der Waals surface area contributed by atoms with Crippen LogP contribution >= 0.6 is 11.3 Å². The summed E-state index contributed by atoms with van der Waals surface area (Å²) in [7, 11) is 1.71. The van der Waals surface area contributed by atoms with E-state index in [1.54, 1.807) is 64.2 Å². The molecular weight excluding hydrogens is 599 g/mol. The molecule has 1 aliphatic heterocycles. The number of thiophene rings is 1. The number of aryl methyl sites for hydroxylation is 1. The van der Waals surface area contributed by atoms with E-state index in [-0.39, 0.29) is 18.7 Å². The zero-order valence-corrected chi connectivity index (χ0v) is 26.6. The molecule has 0 unspecified atom stereocenters. The maximum atomic E-state index is 15.7. The molecule has 0 radical (unpaired) electrons. The summed E-state index contributed by atoms with van der Waals surface area (Å²) in [5.74, 6) is -1.44. The summed E-state index contributed by atoms with van der Waals surface area (Å²) in [5.41, 5.74) is 0.118. The highest BCUT2D eigenvalue weighted by atomic mass is 32.1. The predicted octanol–water partition coefficient (Wildman–Crippen LogP) is 5.85. The molecule has 3 aromatic heterocycles. The Morgan fingerprint density at radius 1 is 1.20 bits per heavy atom. The van der Waals surface area contributed by atoms with Crippen LogP contribution < -0.4 is 4.90 Å². The first-order chi connectivity index (χ1) is 21.4. The van der Waals surface area contributed by atoms with E-state index >= 15 is 4.39 Å². The number of rotatable bonds is 7. The first kappa shape index (κ1) is 31.8. The smallest absolute Gasteiger partial charge is 0.410 e. The van der Waals surface area contributed by atoms with Crippen molar-refractivity contribution in [1.29, 1.82) is 0 Å². The fourth-order valence-electron chi connectivity index (χ4n) is 5.13. The van der Waals surface area contributed by atoms with Crippen molar-refractivity contribution in [2.75, 3.05) is 24.6 Å². The number of likely N-dealkylation sites (tertiary alicyclic amines) is 1. The van der Waals surface area contributed by atoms with Crippen LogP contribution in [0.15, 0.2) is 48.8 Å². The van der Waals surface area contributed by atoms with Crippen molar-refractivity contribution >= 4 is 51.3 Å². The van der Waals surface area contributed by atoms with Gasteiger partial charge < -0.3 is 14.4 Å². The standard InChI is InChI=1S/C32H35FN6O5S/c1-6-43-28(40)12-10-22-17-24-27(45-22)13-14-34-29(24)39(21-8-7-15-38(18-21)31(42)44-32(2,3)4)30(41)23-11-9-20(16-25(23)33)26-19-37(5)36-35-26/h9-14,16-17,19,21H,6-8,15,18H2,1-5H3/b12-10+/t21-/m1/s1. The normalized spacial score (nSPS) is 15.4. The summed E-state index contributed by atoms with van der Waals surface area (Å²) >= 11 is 1.41. The van der Waals surface area contributed by atoms with Gasteiger partial charge in [0, 0.05) is 52.9 Å². The lowest BCUT2D eigenvalue weighted by molar-refractivity contribution is -0.137. The van der Waals surface area contributed by atoms with Crippen molar-refractivity contribution in [3.05, 3.63) is 65.1 Å². The number of hydrogen-bond donors (Lipinski definition) is 0. The highest BCUT2D eigenvalue weighted by molar-refractivity contribution is 7.20. The number of anilines is 1. The molecule has 2 amide bonds. The van der Waals surface area contributed by atoms with Gasteiger partial charge in [-0.1, -0.05) is 11.3 Å². The molecule has 0 saturated carbocycles. The van der Waals surface area contributed by atoms with Crippen LogP contribution in [0.2, 0.25) is 0 Å². The molecule has 1 aliphatic rings. The zero-order chi connectivity index (χ0) is 32.3. The summed E-state index contributed by atoms with van der Waals surface area (Å²) in [6.45, 7) is 8.03. The van der Waals surface area contributed by atoms with Crippen molar-refractivity contribution in [2.24, 2.45) is 7.05 Å². The first-order valence-corrected chi connectivity index (χ1v) is 15.5. The highest BCUT2D eigenvalue weighted by Gasteiger charge is 2.36. The fourth-order valence-corrected chi connectivity index (χ4v) is 6.09. The van der Waals surface area contributed by atoms with Gasteiger partial charge in [-0.25, -0.2) is 19.0 Å². The van der Waals surface area contributed by atoms with Gasteiger partial charge >= 0.3 is 12.1 Å². The molecule has 0 bridgehead atoms. The number of pyridine rings is 1. The molecule has 1 atom stereocenters. The van der Waals surface area contributed by atoms with Crippen LogP contribution in [-0.2, 0) is 21.3 Å². The van der Waals surface area contributed by atoms with E-state index < -0.39 is 35.4 Å². The molecule has 1 fully saturated rings. The molecule has 13 heteroatoms. The van der Waals surface area contributed by atoms with Crippen LogP contribution in [0.4, 0.5) is 15.0 Å². The lowest BCUT2D eigenvalue weighted by Crippen LogP contribution is -2.53. The Bertz CT molecular complexity index is 1760. The topological polar surface area (TPSA) is 120 Å². The lowest BCUT2D eigenvalue weighted by atomic mass is 10.0. The minimum Gasteiger partial charge on any atom is -0.463 e. The van der Waals surface area contributed by atoms with Crippen LogP contribution in [0.3, 0.4) is 0 Å². The van der Waals surface area contributed by atoms with Crippen molar-refractivity contribution < 1.29 is 28.2 Å². The van der Waals surface area contributed by atoms with Gasteiger partial charge in [0.1, 0.15) is 22.9 Å². The lowest BCUT2D eigenvalue weighted by Gasteiger charge is -2.39. The van der Waals surface area contributed by atoms with Crippen molar-refractivity contribution in [3.63, 3.8) is 0 Å². The van der Waals surface area contributed by atoms with Crippen molar-refractivity contribution in [2.45, 2.75) is 52.2 Å². The van der Waals surface area contributed by atoms with Gasteiger partial charge in [0.25, 0.3) is 5.91 Å². The Hall–Kier alpha value is -4.65. The van der Waals surface area contributed by atoms with Gasteiger partial charge in [-0.2, -0.15) is 0 Å². The molecule has 0 aliphatic carbocycles. The molecule has 4 aromatic rings. The number of esters is 1. The highest BCUT2D eigenvalue weighted by Crippen LogP contribution is 2.36. The second-order valence-corrected chi connectivity index (χ2v) is 12.8. The number of carbonyl (C=O) groups is 3. The Labute approximate surface area is 264 Å². The number of carbonyl (C=O) groups excluding carboxylic acids is 3. The minimum absolute atomic E-state index is 0.145. The number of fused-ring (bicyclic) bond motifs is 1. The molecule has 45 heavy (non-hydrogen) atoms. The summed E-state index contributed by atoms with van der Waals surface area (Å²) in [5, 5.41) is 8.60. The van der Waals surface area contributed by atoms with Gasteiger partial charge in [-0.05, 0) is 70.9 Å². The predicted molar refractivity (Wildman–Crippen MR) is 169 cm³/mol. The minimum atomic E-state index is -0.719. The number of benzene rings is 1. The monoisotopic (exact) mass is 634 g/mol. The number of piperidine rings is 1. The van der Waals surface area contributed by atoms with E-state index in [1.807, 2.05) is 12.1 Å². The molecule has 5 rings (SSSR count). The van der Waals surface area contributed by atoms with Crippen molar-refractivity contribution in [1.82, 2.24) is 24.9 Å². The second kappa shape index (κ2) is 13.1. The van der Waals surface area contributed by atoms with E-state index in [0.29, 0.717) is 41.8 Å². The second-order valence-electron chi connectivity index (χ2n) is 11.7. The quantitative estimate of drug-likeness (QED) is 0.183. The Kier molecular flexibility index (Phi) is 9.28. The first-order valence-electron chi connectivity index (χ1n) is 14.6. The Morgan fingerprint density at radius 2 is 2.00 bits per heavy atom. The SMILES string of the molecule is CCOC(=O)/C=C/c1cc2c(N(C(=O)c3ccc(-c4cn(C)nn4)cc3F)[C@@H]3CCCN(C(=O)OC(C)(C)C)C3)nccc2s1. The number of halogens is 1. The van der Waals surface area contributed by atoms with Crippen molar-refractivity contribution in [3.8, 4) is 11.3 Å². The van der Waals surface area contributed by atoms with Gasteiger partial charge in [-0.3, -0.25) is 14.4 Å². The number of amides is 2. The number of ether oxygens (including phenoxy) is 2. The summed E-state index contributed by atoms with van der Waals surface area (Å²) in [6, 6.07) is 7.46. The zero-order valence-electron chi connectivity index (χ0n) is 25.8. The molecule has 0 spiro atoms. The van der Waals surface area contributed by atoms with Crippen LogP contribution in [0.5, 0.6) is 0 Å². The molecule has 4 heterocycles. The largest absolute Gasteiger partial charge is 0.463 e. The summed E-state index contributed by atoms with van der Waals surface area (Å²) < 4.78 is 28.7. The molecule has 11 nitrogen and oxygen atoms in total. The van der Waals surface area contributed by atoms with Crippen LogP contribution in [0.1, 0.15) is 55.8 Å². The third-order valence-corrected chi connectivity index (χ3v) is 8.14. The third kappa shape index (κ3) is 7.36. The Morgan fingerprint density at radius 3 is 2.69 bits per heavy atom. The van der Waals surface area contributed by atoms with Gasteiger partial charge in [0.15, 0.2) is 0 Å². The van der Waals surface area contributed by atoms with E-state index in [0.717, 1.165) is 9.58 Å². The van der Waals surface area contributed by atoms with Crippen LogP contribution in [0, 0.1) is 5.82 Å². The average molecular weight is 635 g/mol. The Balaban J connectivity index is 1.55. The maximum absolute atomic E-state index is 15.7. The van der Waals surface area contributed by atoms with E-state index in [9.17, 15) is 14.4 Å². The summed E-state index contributed by atoms with van der Waals surface area (Å²) in [4.78, 5) is 47.8. The molecule has 1 aromatic carbocycles. The van der Waals surface area contributed by atoms with E-state index in [4.69, 9.17) is 9.47 Å². The molecule has 0 N–H and O–H groups in total. The molecule has 236 valence electrons. The maximum Gasteiger partial charge on any atom is 0.410 e.